The molecule has 0 radical (unpaired) electrons. The zero-order valence-electron chi connectivity index (χ0n) is 13.3. The highest BCUT2D eigenvalue weighted by atomic mass is 32.2. The van der Waals surface area contributed by atoms with E-state index in [1.165, 1.54) is 18.1 Å². The fraction of sp³-hybridized carbons (Fsp3) is 1.00. The largest absolute Gasteiger partial charge is 0.392 e. The maximum absolute atomic E-state index is 10.2. The SMILES string of the molecule is CCOC1CC(O)C12CCN(CCSCC(C)C)CC2. The Kier molecular flexibility index (Phi) is 6.21. The van der Waals surface area contributed by atoms with Gasteiger partial charge in [0.2, 0.25) is 0 Å². The average molecular weight is 301 g/mol. The van der Waals surface area contributed by atoms with E-state index >= 15 is 0 Å². The molecule has 20 heavy (non-hydrogen) atoms. The highest BCUT2D eigenvalue weighted by Crippen LogP contribution is 2.50. The van der Waals surface area contributed by atoms with Crippen LogP contribution in [0.4, 0.5) is 0 Å². The Bertz CT molecular complexity index is 288. The number of hydrogen-bond donors (Lipinski definition) is 1. The third-order valence-electron chi connectivity index (χ3n) is 4.90. The van der Waals surface area contributed by atoms with Gasteiger partial charge in [-0.05, 0) is 44.5 Å². The molecule has 4 heteroatoms. The lowest BCUT2D eigenvalue weighted by Crippen LogP contribution is -2.62. The lowest BCUT2D eigenvalue weighted by molar-refractivity contribution is -0.209. The zero-order chi connectivity index (χ0) is 14.6. The molecule has 2 aliphatic rings. The fourth-order valence-electron chi connectivity index (χ4n) is 3.52. The van der Waals surface area contributed by atoms with Gasteiger partial charge in [0, 0.05) is 30.7 Å². The van der Waals surface area contributed by atoms with Crippen molar-refractivity contribution in [2.45, 2.75) is 52.2 Å². The summed E-state index contributed by atoms with van der Waals surface area (Å²) in [6, 6.07) is 0. The Hall–Kier alpha value is 0.230. The summed E-state index contributed by atoms with van der Waals surface area (Å²) in [5.41, 5.74) is 0.0809. The number of likely N-dealkylation sites (tertiary alicyclic amines) is 1. The molecule has 1 N–H and O–H groups in total. The highest BCUT2D eigenvalue weighted by molar-refractivity contribution is 7.99. The molecule has 2 unspecified atom stereocenters. The van der Waals surface area contributed by atoms with Crippen LogP contribution < -0.4 is 0 Å². The van der Waals surface area contributed by atoms with Crippen LogP contribution in [0.15, 0.2) is 0 Å². The van der Waals surface area contributed by atoms with Crippen molar-refractivity contribution in [2.24, 2.45) is 11.3 Å². The van der Waals surface area contributed by atoms with Crippen molar-refractivity contribution in [2.75, 3.05) is 37.7 Å². The second-order valence-electron chi connectivity index (χ2n) is 6.74. The van der Waals surface area contributed by atoms with Crippen LogP contribution in [0.2, 0.25) is 0 Å². The Morgan fingerprint density at radius 1 is 1.35 bits per heavy atom. The quantitative estimate of drug-likeness (QED) is 0.733. The first-order chi connectivity index (χ1) is 9.58. The van der Waals surface area contributed by atoms with Crippen LogP contribution in [0.25, 0.3) is 0 Å². The van der Waals surface area contributed by atoms with Crippen molar-refractivity contribution in [1.82, 2.24) is 4.90 Å². The molecule has 118 valence electrons. The summed E-state index contributed by atoms with van der Waals surface area (Å²) in [7, 11) is 0. The molecule has 1 saturated carbocycles. The lowest BCUT2D eigenvalue weighted by atomic mass is 9.58. The minimum Gasteiger partial charge on any atom is -0.392 e. The van der Waals surface area contributed by atoms with E-state index in [0.29, 0.717) is 6.10 Å². The predicted molar refractivity (Wildman–Crippen MR) is 86.3 cm³/mol. The van der Waals surface area contributed by atoms with Gasteiger partial charge >= 0.3 is 0 Å². The van der Waals surface area contributed by atoms with Gasteiger partial charge in [0.25, 0.3) is 0 Å². The van der Waals surface area contributed by atoms with Gasteiger partial charge in [0.05, 0.1) is 12.2 Å². The molecule has 3 nitrogen and oxygen atoms in total. The van der Waals surface area contributed by atoms with Crippen molar-refractivity contribution < 1.29 is 9.84 Å². The van der Waals surface area contributed by atoms with Crippen LogP contribution in [0.3, 0.4) is 0 Å². The number of aliphatic hydroxyl groups is 1. The number of rotatable bonds is 7. The summed E-state index contributed by atoms with van der Waals surface area (Å²) in [6.45, 7) is 10.8. The van der Waals surface area contributed by atoms with Gasteiger partial charge in [0.15, 0.2) is 0 Å². The van der Waals surface area contributed by atoms with Crippen molar-refractivity contribution >= 4 is 11.8 Å². The van der Waals surface area contributed by atoms with Crippen LogP contribution >= 0.6 is 11.8 Å². The van der Waals surface area contributed by atoms with E-state index < -0.39 is 0 Å². The third-order valence-corrected chi connectivity index (χ3v) is 6.27. The highest BCUT2D eigenvalue weighted by Gasteiger charge is 2.55. The van der Waals surface area contributed by atoms with Crippen LogP contribution in [-0.4, -0.2) is 60.0 Å². The van der Waals surface area contributed by atoms with Gasteiger partial charge in [-0.15, -0.1) is 0 Å². The third kappa shape index (κ3) is 3.70. The molecular weight excluding hydrogens is 270 g/mol. The molecule has 1 spiro atoms. The molecule has 2 atom stereocenters. The van der Waals surface area contributed by atoms with Gasteiger partial charge in [-0.3, -0.25) is 0 Å². The Morgan fingerprint density at radius 3 is 2.60 bits per heavy atom. The normalized spacial score (nSPS) is 29.9. The lowest BCUT2D eigenvalue weighted by Gasteiger charge is -2.56. The molecule has 1 heterocycles. The van der Waals surface area contributed by atoms with E-state index in [1.54, 1.807) is 0 Å². The molecule has 1 saturated heterocycles. The molecule has 0 aromatic heterocycles. The fourth-order valence-corrected chi connectivity index (χ4v) is 4.55. The molecule has 0 amide bonds. The molecule has 0 aromatic carbocycles. The first kappa shape index (κ1) is 16.6. The standard InChI is InChI=1S/C16H31NO2S/c1-4-19-15-11-14(18)16(15)5-7-17(8-6-16)9-10-20-12-13(2)3/h13-15,18H,4-12H2,1-3H3. The second-order valence-corrected chi connectivity index (χ2v) is 7.89. The molecule has 2 rings (SSSR count). The number of nitrogens with zero attached hydrogens (tertiary/aromatic N) is 1. The first-order valence-corrected chi connectivity index (χ1v) is 9.33. The minimum atomic E-state index is -0.128. The van der Waals surface area contributed by atoms with E-state index in [9.17, 15) is 5.11 Å². The summed E-state index contributed by atoms with van der Waals surface area (Å²) >= 11 is 2.07. The monoisotopic (exact) mass is 301 g/mol. The van der Waals surface area contributed by atoms with Crippen LogP contribution in [-0.2, 0) is 4.74 Å². The molecule has 0 aromatic rings. The van der Waals surface area contributed by atoms with E-state index in [-0.39, 0.29) is 11.5 Å². The Morgan fingerprint density at radius 2 is 2.05 bits per heavy atom. The van der Waals surface area contributed by atoms with Crippen molar-refractivity contribution in [3.63, 3.8) is 0 Å². The van der Waals surface area contributed by atoms with Gasteiger partial charge in [-0.25, -0.2) is 0 Å². The van der Waals surface area contributed by atoms with Gasteiger partial charge < -0.3 is 14.7 Å². The van der Waals surface area contributed by atoms with E-state index in [2.05, 4.69) is 37.4 Å². The molecule has 0 bridgehead atoms. The summed E-state index contributed by atoms with van der Waals surface area (Å²) in [4.78, 5) is 2.56. The molecular formula is C16H31NO2S. The number of thioether (sulfide) groups is 1. The van der Waals surface area contributed by atoms with Crippen LogP contribution in [0.5, 0.6) is 0 Å². The first-order valence-electron chi connectivity index (χ1n) is 8.18. The van der Waals surface area contributed by atoms with Crippen molar-refractivity contribution in [3.8, 4) is 0 Å². The van der Waals surface area contributed by atoms with E-state index in [4.69, 9.17) is 4.74 Å². The van der Waals surface area contributed by atoms with Gasteiger partial charge in [-0.2, -0.15) is 11.8 Å². The van der Waals surface area contributed by atoms with Crippen LogP contribution in [0.1, 0.15) is 40.0 Å². The predicted octanol–water partition coefficient (Wildman–Crippen LogP) is 2.63. The van der Waals surface area contributed by atoms with E-state index in [0.717, 1.165) is 44.9 Å². The van der Waals surface area contributed by atoms with Crippen molar-refractivity contribution in [1.29, 1.82) is 0 Å². The van der Waals surface area contributed by atoms with Gasteiger partial charge in [-0.1, -0.05) is 13.8 Å². The Labute approximate surface area is 128 Å². The smallest absolute Gasteiger partial charge is 0.0681 e. The number of aliphatic hydroxyl groups excluding tert-OH is 1. The number of ether oxygens (including phenoxy) is 1. The Balaban J connectivity index is 1.69. The van der Waals surface area contributed by atoms with Gasteiger partial charge in [0.1, 0.15) is 0 Å². The summed E-state index contributed by atoms with van der Waals surface area (Å²) in [6.07, 6.45) is 3.23. The second kappa shape index (κ2) is 7.48. The molecule has 1 aliphatic heterocycles. The molecule has 2 fully saturated rings. The summed E-state index contributed by atoms with van der Waals surface area (Å²) < 4.78 is 5.82. The maximum atomic E-state index is 10.2. The average Bonchev–Trinajstić information content (AvgIpc) is 2.44. The maximum Gasteiger partial charge on any atom is 0.0681 e. The molecule has 1 aliphatic carbocycles. The number of piperidine rings is 1. The van der Waals surface area contributed by atoms with E-state index in [1.807, 2.05) is 0 Å². The number of hydrogen-bond acceptors (Lipinski definition) is 4. The summed E-state index contributed by atoms with van der Waals surface area (Å²) in [5, 5.41) is 10.2. The summed E-state index contributed by atoms with van der Waals surface area (Å²) in [5.74, 6) is 3.30. The topological polar surface area (TPSA) is 32.7 Å². The van der Waals surface area contributed by atoms with Crippen molar-refractivity contribution in [3.05, 3.63) is 0 Å². The minimum absolute atomic E-state index is 0.0809. The van der Waals surface area contributed by atoms with Crippen LogP contribution in [0, 0.1) is 11.3 Å². The zero-order valence-corrected chi connectivity index (χ0v) is 14.1.